The lowest BCUT2D eigenvalue weighted by Gasteiger charge is -2.07. The van der Waals surface area contributed by atoms with Gasteiger partial charge in [-0.05, 0) is 30.2 Å². The van der Waals surface area contributed by atoms with Gasteiger partial charge in [-0.15, -0.1) is 0 Å². The highest BCUT2D eigenvalue weighted by Gasteiger charge is 2.12. The molecule has 0 aliphatic heterocycles. The molecule has 0 amide bonds. The number of aliphatic carboxylic acids is 1. The average molecular weight is 323 g/mol. The van der Waals surface area contributed by atoms with Crippen molar-refractivity contribution in [3.63, 3.8) is 0 Å². The molecule has 0 aliphatic rings. The highest BCUT2D eigenvalue weighted by atomic mass is 79.9. The summed E-state index contributed by atoms with van der Waals surface area (Å²) in [5.74, 6) is -0.985. The van der Waals surface area contributed by atoms with Crippen LogP contribution >= 0.6 is 31.9 Å². The molecule has 0 aromatic heterocycles. The maximum atomic E-state index is 10.5. The third kappa shape index (κ3) is 3.40. The van der Waals surface area contributed by atoms with E-state index >= 15 is 0 Å². The van der Waals surface area contributed by atoms with Crippen molar-refractivity contribution in [2.75, 3.05) is 0 Å². The minimum Gasteiger partial charge on any atom is -0.480 e. The maximum absolute atomic E-state index is 10.5. The van der Waals surface area contributed by atoms with Crippen molar-refractivity contribution in [3.8, 4) is 0 Å². The van der Waals surface area contributed by atoms with E-state index in [1.165, 1.54) is 0 Å². The third-order valence-corrected chi connectivity index (χ3v) is 2.61. The van der Waals surface area contributed by atoms with Crippen LogP contribution in [0.25, 0.3) is 0 Å². The summed E-state index contributed by atoms with van der Waals surface area (Å²) in [4.78, 5) is 10.5. The molecule has 0 bridgehead atoms. The van der Waals surface area contributed by atoms with E-state index in [0.717, 1.165) is 14.5 Å². The second-order valence-electron chi connectivity index (χ2n) is 2.93. The van der Waals surface area contributed by atoms with Crippen molar-refractivity contribution in [1.29, 1.82) is 0 Å². The summed E-state index contributed by atoms with van der Waals surface area (Å²) < 4.78 is 1.80. The van der Waals surface area contributed by atoms with Crippen LogP contribution in [0.4, 0.5) is 0 Å². The number of carboxylic acids is 1. The van der Waals surface area contributed by atoms with E-state index in [1.807, 2.05) is 18.2 Å². The van der Waals surface area contributed by atoms with Crippen LogP contribution < -0.4 is 5.73 Å². The number of benzene rings is 1. The largest absolute Gasteiger partial charge is 0.480 e. The molecule has 1 aromatic carbocycles. The molecular weight excluding hydrogens is 314 g/mol. The zero-order chi connectivity index (χ0) is 10.7. The molecule has 0 unspecified atom stereocenters. The number of hydrogen-bond donors (Lipinski definition) is 2. The fourth-order valence-corrected chi connectivity index (χ4v) is 2.46. The highest BCUT2D eigenvalue weighted by molar-refractivity contribution is 9.11. The van der Waals surface area contributed by atoms with Gasteiger partial charge in [0.25, 0.3) is 0 Å². The van der Waals surface area contributed by atoms with Crippen LogP contribution in [0.3, 0.4) is 0 Å². The molecule has 0 aliphatic carbocycles. The SMILES string of the molecule is N[C@@H](Cc1cc(Br)cc(Br)c1)C(=O)O. The van der Waals surface area contributed by atoms with Gasteiger partial charge in [0.15, 0.2) is 0 Å². The lowest BCUT2D eigenvalue weighted by Crippen LogP contribution is -2.32. The summed E-state index contributed by atoms with van der Waals surface area (Å²) in [7, 11) is 0. The Morgan fingerprint density at radius 2 is 1.86 bits per heavy atom. The molecule has 76 valence electrons. The fourth-order valence-electron chi connectivity index (χ4n) is 1.07. The van der Waals surface area contributed by atoms with E-state index in [9.17, 15) is 4.79 Å². The molecule has 0 spiro atoms. The summed E-state index contributed by atoms with van der Waals surface area (Å²) >= 11 is 6.64. The van der Waals surface area contributed by atoms with Crippen molar-refractivity contribution in [2.24, 2.45) is 5.73 Å². The van der Waals surface area contributed by atoms with Crippen molar-refractivity contribution in [1.82, 2.24) is 0 Å². The van der Waals surface area contributed by atoms with Gasteiger partial charge in [0.05, 0.1) is 0 Å². The molecule has 1 atom stereocenters. The topological polar surface area (TPSA) is 63.3 Å². The first-order valence-electron chi connectivity index (χ1n) is 3.92. The minimum atomic E-state index is -0.985. The third-order valence-electron chi connectivity index (χ3n) is 1.70. The van der Waals surface area contributed by atoms with Gasteiger partial charge in [-0.3, -0.25) is 4.79 Å². The molecule has 3 N–H and O–H groups in total. The predicted molar refractivity (Wildman–Crippen MR) is 61.2 cm³/mol. The minimum absolute atomic E-state index is 0.327. The van der Waals surface area contributed by atoms with Crippen molar-refractivity contribution >= 4 is 37.8 Å². The molecule has 1 rings (SSSR count). The normalized spacial score (nSPS) is 12.5. The van der Waals surface area contributed by atoms with Gasteiger partial charge in [-0.25, -0.2) is 0 Å². The fraction of sp³-hybridized carbons (Fsp3) is 0.222. The van der Waals surface area contributed by atoms with Crippen molar-refractivity contribution in [3.05, 3.63) is 32.7 Å². The number of carboxylic acid groups (broad SMARTS) is 1. The number of halogens is 2. The van der Waals surface area contributed by atoms with Crippen LogP contribution in [-0.2, 0) is 11.2 Å². The molecule has 0 saturated carbocycles. The van der Waals surface area contributed by atoms with Crippen molar-refractivity contribution < 1.29 is 9.90 Å². The summed E-state index contributed by atoms with van der Waals surface area (Å²) in [5, 5.41) is 8.63. The summed E-state index contributed by atoms with van der Waals surface area (Å²) in [6.45, 7) is 0. The van der Waals surface area contributed by atoms with Crippen molar-refractivity contribution in [2.45, 2.75) is 12.5 Å². The van der Waals surface area contributed by atoms with E-state index in [1.54, 1.807) is 0 Å². The molecule has 0 radical (unpaired) electrons. The number of rotatable bonds is 3. The van der Waals surface area contributed by atoms with Crippen LogP contribution in [-0.4, -0.2) is 17.1 Å². The van der Waals surface area contributed by atoms with Gasteiger partial charge >= 0.3 is 5.97 Å². The number of hydrogen-bond acceptors (Lipinski definition) is 2. The smallest absolute Gasteiger partial charge is 0.320 e. The Hall–Kier alpha value is -0.390. The van der Waals surface area contributed by atoms with Gasteiger partial charge in [-0.2, -0.15) is 0 Å². The van der Waals surface area contributed by atoms with E-state index in [4.69, 9.17) is 10.8 Å². The molecule has 0 heterocycles. The zero-order valence-electron chi connectivity index (χ0n) is 7.21. The van der Waals surface area contributed by atoms with Gasteiger partial charge in [0.2, 0.25) is 0 Å². The number of carbonyl (C=O) groups is 1. The second kappa shape index (κ2) is 4.91. The summed E-state index contributed by atoms with van der Waals surface area (Å²) in [5.41, 5.74) is 6.31. The first kappa shape index (κ1) is 11.7. The Kier molecular flexibility index (Phi) is 4.10. The Labute approximate surface area is 98.6 Å². The summed E-state index contributed by atoms with van der Waals surface area (Å²) in [6, 6.07) is 4.74. The molecule has 5 heteroatoms. The van der Waals surface area contributed by atoms with Crippen LogP contribution in [0.1, 0.15) is 5.56 Å². The van der Waals surface area contributed by atoms with Gasteiger partial charge in [0, 0.05) is 8.95 Å². The first-order chi connectivity index (χ1) is 6.49. The average Bonchev–Trinajstić information content (AvgIpc) is 2.01. The lowest BCUT2D eigenvalue weighted by atomic mass is 10.1. The Bertz CT molecular complexity index is 334. The Morgan fingerprint density at radius 1 is 1.36 bits per heavy atom. The van der Waals surface area contributed by atoms with Crippen LogP contribution in [0.5, 0.6) is 0 Å². The second-order valence-corrected chi connectivity index (χ2v) is 4.76. The highest BCUT2D eigenvalue weighted by Crippen LogP contribution is 2.20. The lowest BCUT2D eigenvalue weighted by molar-refractivity contribution is -0.138. The zero-order valence-corrected chi connectivity index (χ0v) is 10.4. The molecular formula is C9H9Br2NO2. The van der Waals surface area contributed by atoms with Gasteiger partial charge in [0.1, 0.15) is 6.04 Å². The number of nitrogens with two attached hydrogens (primary N) is 1. The molecule has 0 fully saturated rings. The maximum Gasteiger partial charge on any atom is 0.320 e. The first-order valence-corrected chi connectivity index (χ1v) is 5.51. The molecule has 3 nitrogen and oxygen atoms in total. The van der Waals surface area contributed by atoms with Crippen LogP contribution in [0.2, 0.25) is 0 Å². The molecule has 14 heavy (non-hydrogen) atoms. The van der Waals surface area contributed by atoms with E-state index in [-0.39, 0.29) is 0 Å². The van der Waals surface area contributed by atoms with E-state index in [2.05, 4.69) is 31.9 Å². The Morgan fingerprint density at radius 3 is 2.29 bits per heavy atom. The van der Waals surface area contributed by atoms with Gasteiger partial charge < -0.3 is 10.8 Å². The predicted octanol–water partition coefficient (Wildman–Crippen LogP) is 2.17. The van der Waals surface area contributed by atoms with Gasteiger partial charge in [-0.1, -0.05) is 31.9 Å². The van der Waals surface area contributed by atoms with Crippen LogP contribution in [0, 0.1) is 0 Å². The standard InChI is InChI=1S/C9H9Br2NO2/c10-6-1-5(2-7(11)4-6)3-8(12)9(13)14/h1-2,4,8H,3,12H2,(H,13,14)/t8-/m0/s1. The van der Waals surface area contributed by atoms with E-state index < -0.39 is 12.0 Å². The van der Waals surface area contributed by atoms with Crippen LogP contribution in [0.15, 0.2) is 27.1 Å². The summed E-state index contributed by atoms with van der Waals surface area (Å²) in [6.07, 6.45) is 0.327. The monoisotopic (exact) mass is 321 g/mol. The Balaban J connectivity index is 2.81. The van der Waals surface area contributed by atoms with E-state index in [0.29, 0.717) is 6.42 Å². The molecule has 0 saturated heterocycles. The quantitative estimate of drug-likeness (QED) is 0.896. The molecule has 1 aromatic rings.